The van der Waals surface area contributed by atoms with Crippen molar-refractivity contribution < 1.29 is 4.74 Å². The van der Waals surface area contributed by atoms with Crippen LogP contribution < -0.4 is 10.3 Å². The molecule has 0 spiro atoms. The quantitative estimate of drug-likeness (QED) is 0.730. The molecular weight excluding hydrogens is 274 g/mol. The molecular formula is C19H17NO2. The summed E-state index contributed by atoms with van der Waals surface area (Å²) in [5, 5.41) is 1.11. The summed E-state index contributed by atoms with van der Waals surface area (Å²) >= 11 is 0. The van der Waals surface area contributed by atoms with Gasteiger partial charge in [0.1, 0.15) is 5.75 Å². The van der Waals surface area contributed by atoms with Crippen LogP contribution in [-0.2, 0) is 0 Å². The summed E-state index contributed by atoms with van der Waals surface area (Å²) < 4.78 is 7.16. The van der Waals surface area contributed by atoms with E-state index in [4.69, 9.17) is 4.74 Å². The standard InChI is InChI=1S/C19H17NO2/c1-22-16-10-6-13(7-11-16)17-12-14-4-2-3-5-18(14)20(19(17)21)15-8-9-15/h2-7,10-12,15H,8-9H2,1H3. The van der Waals surface area contributed by atoms with Gasteiger partial charge in [0.2, 0.25) is 0 Å². The number of aromatic nitrogens is 1. The lowest BCUT2D eigenvalue weighted by Crippen LogP contribution is -2.21. The van der Waals surface area contributed by atoms with Gasteiger partial charge in [-0.3, -0.25) is 4.79 Å². The van der Waals surface area contributed by atoms with Crippen LogP contribution in [0.5, 0.6) is 5.75 Å². The van der Waals surface area contributed by atoms with Gasteiger partial charge in [-0.25, -0.2) is 0 Å². The van der Waals surface area contributed by atoms with Crippen LogP contribution in [0.4, 0.5) is 0 Å². The zero-order valence-corrected chi connectivity index (χ0v) is 12.5. The number of ether oxygens (including phenoxy) is 1. The van der Waals surface area contributed by atoms with E-state index in [-0.39, 0.29) is 5.56 Å². The highest BCUT2D eigenvalue weighted by atomic mass is 16.5. The Kier molecular flexibility index (Phi) is 3.00. The van der Waals surface area contributed by atoms with Crippen LogP contribution in [-0.4, -0.2) is 11.7 Å². The summed E-state index contributed by atoms with van der Waals surface area (Å²) in [6.07, 6.45) is 2.19. The molecule has 0 unspecified atom stereocenters. The molecule has 3 heteroatoms. The van der Waals surface area contributed by atoms with Crippen LogP contribution in [0.3, 0.4) is 0 Å². The maximum absolute atomic E-state index is 13.0. The van der Waals surface area contributed by atoms with Crippen molar-refractivity contribution >= 4 is 10.9 Å². The molecule has 3 nitrogen and oxygen atoms in total. The number of fused-ring (bicyclic) bond motifs is 1. The first-order valence-corrected chi connectivity index (χ1v) is 7.56. The molecule has 0 saturated heterocycles. The van der Waals surface area contributed by atoms with Crippen molar-refractivity contribution in [2.75, 3.05) is 7.11 Å². The minimum atomic E-state index is 0.103. The number of methoxy groups -OCH3 is 1. The van der Waals surface area contributed by atoms with Crippen LogP contribution in [0, 0.1) is 0 Å². The first-order valence-electron chi connectivity index (χ1n) is 7.56. The lowest BCUT2D eigenvalue weighted by Gasteiger charge is -2.12. The molecule has 2 aromatic carbocycles. The van der Waals surface area contributed by atoms with Gasteiger partial charge < -0.3 is 9.30 Å². The van der Waals surface area contributed by atoms with Gasteiger partial charge in [0, 0.05) is 11.6 Å². The molecule has 0 atom stereocenters. The van der Waals surface area contributed by atoms with Gasteiger partial charge in [0.05, 0.1) is 12.6 Å². The fourth-order valence-electron chi connectivity index (χ4n) is 2.96. The van der Waals surface area contributed by atoms with Crippen molar-refractivity contribution in [1.82, 2.24) is 4.57 Å². The number of hydrogen-bond acceptors (Lipinski definition) is 2. The summed E-state index contributed by atoms with van der Waals surface area (Å²) in [6.45, 7) is 0. The third kappa shape index (κ3) is 2.10. The third-order valence-electron chi connectivity index (χ3n) is 4.26. The molecule has 1 aliphatic carbocycles. The SMILES string of the molecule is COc1ccc(-c2cc3ccccc3n(C3CC3)c2=O)cc1. The van der Waals surface area contributed by atoms with Crippen molar-refractivity contribution in [3.8, 4) is 16.9 Å². The summed E-state index contributed by atoms with van der Waals surface area (Å²) in [6, 6.07) is 18.2. The molecule has 0 bridgehead atoms. The Morgan fingerprint density at radius 2 is 1.77 bits per heavy atom. The fourth-order valence-corrected chi connectivity index (χ4v) is 2.96. The topological polar surface area (TPSA) is 31.2 Å². The average molecular weight is 291 g/mol. The Balaban J connectivity index is 1.97. The van der Waals surface area contributed by atoms with E-state index in [1.807, 2.05) is 53.1 Å². The van der Waals surface area contributed by atoms with Crippen LogP contribution >= 0.6 is 0 Å². The highest BCUT2D eigenvalue weighted by molar-refractivity contribution is 5.84. The Bertz CT molecular complexity index is 889. The predicted octanol–water partition coefficient (Wildman–Crippen LogP) is 4.01. The molecule has 0 amide bonds. The van der Waals surface area contributed by atoms with Crippen molar-refractivity contribution in [2.24, 2.45) is 0 Å². The van der Waals surface area contributed by atoms with E-state index in [0.717, 1.165) is 40.6 Å². The van der Waals surface area contributed by atoms with Crippen molar-refractivity contribution in [1.29, 1.82) is 0 Å². The maximum Gasteiger partial charge on any atom is 0.259 e. The second-order valence-corrected chi connectivity index (χ2v) is 5.75. The van der Waals surface area contributed by atoms with Gasteiger partial charge in [-0.1, -0.05) is 30.3 Å². The largest absolute Gasteiger partial charge is 0.497 e. The van der Waals surface area contributed by atoms with Crippen LogP contribution in [0.15, 0.2) is 59.4 Å². The van der Waals surface area contributed by atoms with Gasteiger partial charge in [0.15, 0.2) is 0 Å². The molecule has 1 fully saturated rings. The van der Waals surface area contributed by atoms with Gasteiger partial charge >= 0.3 is 0 Å². The van der Waals surface area contributed by atoms with Crippen molar-refractivity contribution in [3.05, 3.63) is 65.0 Å². The lowest BCUT2D eigenvalue weighted by atomic mass is 10.0. The van der Waals surface area contributed by atoms with E-state index in [2.05, 4.69) is 6.07 Å². The van der Waals surface area contributed by atoms with Gasteiger partial charge in [-0.2, -0.15) is 0 Å². The average Bonchev–Trinajstić information content (AvgIpc) is 3.39. The molecule has 0 N–H and O–H groups in total. The monoisotopic (exact) mass is 291 g/mol. The van der Waals surface area contributed by atoms with E-state index in [1.165, 1.54) is 0 Å². The zero-order chi connectivity index (χ0) is 15.1. The number of nitrogens with zero attached hydrogens (tertiary/aromatic N) is 1. The smallest absolute Gasteiger partial charge is 0.259 e. The first kappa shape index (κ1) is 13.1. The number of benzene rings is 2. The second-order valence-electron chi connectivity index (χ2n) is 5.75. The normalized spacial score (nSPS) is 14.2. The van der Waals surface area contributed by atoms with E-state index in [9.17, 15) is 4.79 Å². The van der Waals surface area contributed by atoms with Crippen LogP contribution in [0.1, 0.15) is 18.9 Å². The highest BCUT2D eigenvalue weighted by Gasteiger charge is 2.27. The predicted molar refractivity (Wildman–Crippen MR) is 88.5 cm³/mol. The summed E-state index contributed by atoms with van der Waals surface area (Å²) in [7, 11) is 1.64. The Morgan fingerprint density at radius 3 is 2.45 bits per heavy atom. The minimum absolute atomic E-state index is 0.103. The molecule has 1 heterocycles. The summed E-state index contributed by atoms with van der Waals surface area (Å²) in [5.41, 5.74) is 2.83. The minimum Gasteiger partial charge on any atom is -0.497 e. The Hall–Kier alpha value is -2.55. The maximum atomic E-state index is 13.0. The van der Waals surface area contributed by atoms with Gasteiger partial charge in [0.25, 0.3) is 5.56 Å². The molecule has 1 aliphatic rings. The van der Waals surface area contributed by atoms with E-state index < -0.39 is 0 Å². The Labute approximate surface area is 128 Å². The molecule has 0 radical (unpaired) electrons. The van der Waals surface area contributed by atoms with Crippen molar-refractivity contribution in [3.63, 3.8) is 0 Å². The van der Waals surface area contributed by atoms with Gasteiger partial charge in [-0.15, -0.1) is 0 Å². The van der Waals surface area contributed by atoms with E-state index in [1.54, 1.807) is 7.11 Å². The van der Waals surface area contributed by atoms with E-state index >= 15 is 0 Å². The third-order valence-corrected chi connectivity index (χ3v) is 4.26. The highest BCUT2D eigenvalue weighted by Crippen LogP contribution is 2.36. The van der Waals surface area contributed by atoms with Crippen molar-refractivity contribution in [2.45, 2.75) is 18.9 Å². The fraction of sp³-hybridized carbons (Fsp3) is 0.211. The lowest BCUT2D eigenvalue weighted by molar-refractivity contribution is 0.415. The van der Waals surface area contributed by atoms with Gasteiger partial charge in [-0.05, 0) is 48.1 Å². The van der Waals surface area contributed by atoms with E-state index in [0.29, 0.717) is 6.04 Å². The molecule has 3 aromatic rings. The molecule has 22 heavy (non-hydrogen) atoms. The first-order chi connectivity index (χ1) is 10.8. The number of rotatable bonds is 3. The number of pyridine rings is 1. The molecule has 110 valence electrons. The number of para-hydroxylation sites is 1. The second kappa shape index (κ2) is 5.02. The molecule has 0 aliphatic heterocycles. The molecule has 1 aromatic heterocycles. The Morgan fingerprint density at radius 1 is 1.05 bits per heavy atom. The summed E-state index contributed by atoms with van der Waals surface area (Å²) in [4.78, 5) is 13.0. The van der Waals surface area contributed by atoms with Crippen LogP contribution in [0.25, 0.3) is 22.0 Å². The number of hydrogen-bond donors (Lipinski definition) is 0. The zero-order valence-electron chi connectivity index (χ0n) is 12.5. The molecule has 4 rings (SSSR count). The molecule has 1 saturated carbocycles. The summed E-state index contributed by atoms with van der Waals surface area (Å²) in [5.74, 6) is 0.798. The van der Waals surface area contributed by atoms with Crippen LogP contribution in [0.2, 0.25) is 0 Å².